The van der Waals surface area contributed by atoms with Gasteiger partial charge in [0, 0.05) is 0 Å². The molecule has 8 heteroatoms. The Kier molecular flexibility index (Phi) is 6.33. The van der Waals surface area contributed by atoms with Crippen LogP contribution in [-0.4, -0.2) is 75.6 Å². The fraction of sp³-hybridized carbons (Fsp3) is 0.900. The quantitative estimate of drug-likeness (QED) is 0.388. The number of hydrogen-bond donors (Lipinski definition) is 5. The maximum Gasteiger partial charge on any atom is 0.320 e. The van der Waals surface area contributed by atoms with Crippen LogP contribution in [0.15, 0.2) is 0 Å². The van der Waals surface area contributed by atoms with E-state index in [1.165, 1.54) is 11.8 Å². The molecule has 0 aromatic rings. The minimum atomic E-state index is -1.36. The summed E-state index contributed by atoms with van der Waals surface area (Å²) in [7, 11) is 0. The zero-order valence-electron chi connectivity index (χ0n) is 10.0. The van der Waals surface area contributed by atoms with Crippen molar-refractivity contribution < 1.29 is 30.0 Å². The van der Waals surface area contributed by atoms with E-state index in [0.29, 0.717) is 12.2 Å². The van der Waals surface area contributed by atoms with E-state index in [1.54, 1.807) is 0 Å². The second-order valence-electron chi connectivity index (χ2n) is 4.14. The lowest BCUT2D eigenvalue weighted by atomic mass is 10.0. The van der Waals surface area contributed by atoms with Gasteiger partial charge in [0.1, 0.15) is 30.6 Å². The Bertz CT molecular complexity index is 279. The molecular weight excluding hydrogens is 262 g/mol. The van der Waals surface area contributed by atoms with Crippen LogP contribution in [0.5, 0.6) is 0 Å². The van der Waals surface area contributed by atoms with E-state index in [-0.39, 0.29) is 6.61 Å². The smallest absolute Gasteiger partial charge is 0.320 e. The van der Waals surface area contributed by atoms with Gasteiger partial charge >= 0.3 is 5.97 Å². The van der Waals surface area contributed by atoms with Crippen LogP contribution in [0.25, 0.3) is 0 Å². The molecule has 5 N–H and O–H groups in total. The molecule has 0 aliphatic carbocycles. The Hall–Kier alpha value is -0.380. The molecule has 7 nitrogen and oxygen atoms in total. The summed E-state index contributed by atoms with van der Waals surface area (Å²) in [6.45, 7) is -0.148. The molecule has 106 valence electrons. The molecule has 1 aliphatic heterocycles. The number of aliphatic hydroxyl groups excluding tert-OH is 3. The summed E-state index contributed by atoms with van der Waals surface area (Å²) < 4.78 is 5.09. The highest BCUT2D eigenvalue weighted by atomic mass is 32.2. The van der Waals surface area contributed by atoms with Gasteiger partial charge in [-0.05, 0) is 18.4 Å². The van der Waals surface area contributed by atoms with Crippen LogP contribution in [0.3, 0.4) is 0 Å². The Morgan fingerprint density at radius 1 is 1.44 bits per heavy atom. The molecule has 0 spiro atoms. The molecule has 1 unspecified atom stereocenters. The van der Waals surface area contributed by atoms with Crippen molar-refractivity contribution in [2.45, 2.75) is 37.0 Å². The second-order valence-corrected chi connectivity index (χ2v) is 5.13. The first-order valence-electron chi connectivity index (χ1n) is 5.61. The number of aliphatic carboxylic acids is 1. The lowest BCUT2D eigenvalue weighted by molar-refractivity contribution is -0.198. The van der Waals surface area contributed by atoms with Crippen LogP contribution in [0.1, 0.15) is 6.42 Å². The maximum absolute atomic E-state index is 11.0. The lowest BCUT2D eigenvalue weighted by Crippen LogP contribution is -2.60. The van der Waals surface area contributed by atoms with Crippen molar-refractivity contribution in [3.63, 3.8) is 0 Å². The highest BCUT2D eigenvalue weighted by molar-refractivity contribution is 7.98. The molecule has 0 amide bonds. The van der Waals surface area contributed by atoms with Gasteiger partial charge in [-0.15, -0.1) is 0 Å². The van der Waals surface area contributed by atoms with E-state index < -0.39 is 36.6 Å². The van der Waals surface area contributed by atoms with Crippen molar-refractivity contribution in [3.8, 4) is 0 Å². The molecule has 5 atom stereocenters. The van der Waals surface area contributed by atoms with Gasteiger partial charge in [-0.2, -0.15) is 11.8 Å². The number of carboxylic acid groups (broad SMARTS) is 1. The molecule has 18 heavy (non-hydrogen) atoms. The summed E-state index contributed by atoms with van der Waals surface area (Å²) in [5.74, 6) is -0.390. The third kappa shape index (κ3) is 4.08. The molecule has 0 bridgehead atoms. The van der Waals surface area contributed by atoms with E-state index >= 15 is 0 Å². The molecule has 1 heterocycles. The van der Waals surface area contributed by atoms with E-state index in [2.05, 4.69) is 5.32 Å². The number of carbonyl (C=O) groups is 1. The van der Waals surface area contributed by atoms with Gasteiger partial charge in [0.15, 0.2) is 0 Å². The van der Waals surface area contributed by atoms with E-state index in [0.717, 1.165) is 0 Å². The summed E-state index contributed by atoms with van der Waals surface area (Å²) in [4.78, 5) is 11.0. The normalized spacial score (nSPS) is 34.2. The van der Waals surface area contributed by atoms with Crippen molar-refractivity contribution in [3.05, 3.63) is 0 Å². The number of nitrogens with one attached hydrogen (secondary N) is 1. The SMILES string of the molecule is CSCC[C@H](NC1OC[C@@H](O)[C@H](O)[C@H]1O)C(=O)O. The summed E-state index contributed by atoms with van der Waals surface area (Å²) in [5, 5.41) is 40.1. The number of rotatable bonds is 6. The number of aliphatic hydroxyl groups is 3. The maximum atomic E-state index is 11.0. The average molecular weight is 281 g/mol. The standard InChI is InChI=1S/C10H19NO6S/c1-18-3-2-5(10(15)16)11-9-8(14)7(13)6(12)4-17-9/h5-9,11-14H,2-4H2,1H3,(H,15,16)/t5-,6+,7-,8+,9?/m0/s1. The second kappa shape index (κ2) is 7.27. The first-order chi connectivity index (χ1) is 8.47. The largest absolute Gasteiger partial charge is 0.480 e. The van der Waals surface area contributed by atoms with E-state index in [1.807, 2.05) is 6.26 Å². The molecule has 1 saturated heterocycles. The van der Waals surface area contributed by atoms with Gasteiger partial charge in [-0.25, -0.2) is 0 Å². The summed E-state index contributed by atoms with van der Waals surface area (Å²) in [6.07, 6.45) is -2.61. The van der Waals surface area contributed by atoms with Crippen LogP contribution in [-0.2, 0) is 9.53 Å². The van der Waals surface area contributed by atoms with Gasteiger partial charge in [-0.3, -0.25) is 10.1 Å². The molecule has 0 aromatic heterocycles. The monoisotopic (exact) mass is 281 g/mol. The van der Waals surface area contributed by atoms with Gasteiger partial charge in [0.25, 0.3) is 0 Å². The van der Waals surface area contributed by atoms with Gasteiger partial charge in [0.05, 0.1) is 6.61 Å². The number of carboxylic acids is 1. The lowest BCUT2D eigenvalue weighted by Gasteiger charge is -2.36. The fourth-order valence-electron chi connectivity index (χ4n) is 1.66. The first kappa shape index (κ1) is 15.7. The summed E-state index contributed by atoms with van der Waals surface area (Å²) in [5.41, 5.74) is 0. The van der Waals surface area contributed by atoms with Crippen LogP contribution < -0.4 is 5.32 Å². The van der Waals surface area contributed by atoms with Crippen molar-refractivity contribution in [1.82, 2.24) is 5.32 Å². The van der Waals surface area contributed by atoms with Crippen molar-refractivity contribution in [1.29, 1.82) is 0 Å². The third-order valence-corrected chi connectivity index (χ3v) is 3.42. The average Bonchev–Trinajstić information content (AvgIpc) is 2.33. The Balaban J connectivity index is 2.55. The number of thioether (sulfide) groups is 1. The molecule has 0 saturated carbocycles. The van der Waals surface area contributed by atoms with E-state index in [9.17, 15) is 20.1 Å². The predicted molar refractivity (Wildman–Crippen MR) is 65.3 cm³/mol. The van der Waals surface area contributed by atoms with Crippen molar-refractivity contribution in [2.24, 2.45) is 0 Å². The third-order valence-electron chi connectivity index (χ3n) is 2.78. The Morgan fingerprint density at radius 2 is 2.11 bits per heavy atom. The van der Waals surface area contributed by atoms with Crippen LogP contribution in [0.2, 0.25) is 0 Å². The molecule has 1 rings (SSSR count). The molecule has 1 aliphatic rings. The van der Waals surface area contributed by atoms with Crippen molar-refractivity contribution in [2.75, 3.05) is 18.6 Å². The predicted octanol–water partition coefficient (Wildman–Crippen LogP) is -1.78. The fourth-order valence-corrected chi connectivity index (χ4v) is 2.14. The summed E-state index contributed by atoms with van der Waals surface area (Å²) in [6, 6.07) is -0.862. The van der Waals surface area contributed by atoms with Gasteiger partial charge in [-0.1, -0.05) is 0 Å². The molecule has 0 aromatic carbocycles. The Labute approximate surface area is 109 Å². The minimum absolute atomic E-state index is 0.148. The molecule has 0 radical (unpaired) electrons. The zero-order valence-corrected chi connectivity index (χ0v) is 10.8. The van der Waals surface area contributed by atoms with Gasteiger partial charge < -0.3 is 25.2 Å². The highest BCUT2D eigenvalue weighted by Crippen LogP contribution is 2.15. The molecular formula is C10H19NO6S. The highest BCUT2D eigenvalue weighted by Gasteiger charge is 2.39. The van der Waals surface area contributed by atoms with Crippen molar-refractivity contribution >= 4 is 17.7 Å². The number of ether oxygens (including phenoxy) is 1. The number of hydrogen-bond acceptors (Lipinski definition) is 7. The Morgan fingerprint density at radius 3 is 2.67 bits per heavy atom. The first-order valence-corrected chi connectivity index (χ1v) is 7.00. The van der Waals surface area contributed by atoms with Crippen LogP contribution in [0.4, 0.5) is 0 Å². The van der Waals surface area contributed by atoms with Gasteiger partial charge in [0.2, 0.25) is 0 Å². The zero-order chi connectivity index (χ0) is 13.7. The summed E-state index contributed by atoms with van der Waals surface area (Å²) >= 11 is 1.52. The molecule has 1 fully saturated rings. The van der Waals surface area contributed by atoms with Crippen LogP contribution in [0, 0.1) is 0 Å². The minimum Gasteiger partial charge on any atom is -0.480 e. The van der Waals surface area contributed by atoms with Crippen LogP contribution >= 0.6 is 11.8 Å². The van der Waals surface area contributed by atoms with E-state index in [4.69, 9.17) is 9.84 Å². The topological polar surface area (TPSA) is 119 Å².